The molecule has 0 atom stereocenters. The highest BCUT2D eigenvalue weighted by Crippen LogP contribution is 2.18. The Morgan fingerprint density at radius 2 is 1.84 bits per heavy atom. The third kappa shape index (κ3) is 10.4. The van der Waals surface area contributed by atoms with E-state index >= 15 is 0 Å². The molecule has 0 saturated carbocycles. The van der Waals surface area contributed by atoms with E-state index in [9.17, 15) is 14.0 Å². The highest BCUT2D eigenvalue weighted by Gasteiger charge is 2.05. The van der Waals surface area contributed by atoms with Crippen molar-refractivity contribution >= 4 is 11.8 Å². The maximum atomic E-state index is 13.9. The molecule has 7 heteroatoms. The van der Waals surface area contributed by atoms with Gasteiger partial charge < -0.3 is 21.1 Å². The van der Waals surface area contributed by atoms with Gasteiger partial charge in [0, 0.05) is 19.0 Å². The zero-order chi connectivity index (χ0) is 23.2. The molecule has 0 aliphatic carbocycles. The van der Waals surface area contributed by atoms with Gasteiger partial charge in [-0.15, -0.1) is 0 Å². The van der Waals surface area contributed by atoms with E-state index in [4.69, 9.17) is 10.5 Å². The van der Waals surface area contributed by atoms with Crippen LogP contribution in [-0.2, 0) is 29.0 Å². The fraction of sp³-hybridized carbons (Fsp3) is 0.440. The number of nitrogens with two attached hydrogens (primary N) is 1. The minimum atomic E-state index is -0.584. The normalized spacial score (nSPS) is 10.7. The average molecular weight is 444 g/mol. The fourth-order valence-corrected chi connectivity index (χ4v) is 3.32. The van der Waals surface area contributed by atoms with Gasteiger partial charge in [0.05, 0.1) is 13.2 Å². The lowest BCUT2D eigenvalue weighted by Crippen LogP contribution is -2.33. The van der Waals surface area contributed by atoms with Crippen molar-refractivity contribution < 1.29 is 18.7 Å². The number of primary amides is 1. The first-order valence-corrected chi connectivity index (χ1v) is 11.2. The lowest BCUT2D eigenvalue weighted by Gasteiger charge is -2.10. The van der Waals surface area contributed by atoms with Gasteiger partial charge in [-0.3, -0.25) is 9.59 Å². The molecule has 2 rings (SSSR count). The van der Waals surface area contributed by atoms with E-state index in [1.807, 2.05) is 6.07 Å². The minimum Gasteiger partial charge on any atom is -0.493 e. The molecule has 0 aliphatic rings. The van der Waals surface area contributed by atoms with Crippen molar-refractivity contribution in [2.24, 2.45) is 5.73 Å². The van der Waals surface area contributed by atoms with Crippen molar-refractivity contribution in [3.63, 3.8) is 0 Å². The molecule has 0 aliphatic heterocycles. The Kier molecular flexibility index (Phi) is 11.2. The van der Waals surface area contributed by atoms with E-state index in [0.717, 1.165) is 44.3 Å². The second-order valence-electron chi connectivity index (χ2n) is 7.80. The average Bonchev–Trinajstić information content (AvgIpc) is 2.77. The molecule has 174 valence electrons. The Balaban J connectivity index is 1.64. The highest BCUT2D eigenvalue weighted by atomic mass is 19.1. The molecule has 0 unspecified atom stereocenters. The molecule has 0 fully saturated rings. The number of carbonyl (C=O) groups is 2. The van der Waals surface area contributed by atoms with Crippen LogP contribution in [0.2, 0.25) is 0 Å². The number of nitrogens with one attached hydrogen (secondary N) is 2. The van der Waals surface area contributed by atoms with Gasteiger partial charge in [-0.1, -0.05) is 31.2 Å². The molecule has 0 saturated heterocycles. The maximum Gasteiger partial charge on any atom is 0.236 e. The van der Waals surface area contributed by atoms with Crippen LogP contribution in [0.15, 0.2) is 42.5 Å². The molecule has 0 bridgehead atoms. The first kappa shape index (κ1) is 25.3. The number of unbranched alkanes of at least 4 members (excludes halogenated alkanes) is 1. The minimum absolute atomic E-state index is 0.172. The van der Waals surface area contributed by atoms with Crippen molar-refractivity contribution in [2.75, 3.05) is 19.7 Å². The maximum absolute atomic E-state index is 13.9. The Labute approximate surface area is 189 Å². The van der Waals surface area contributed by atoms with E-state index in [-0.39, 0.29) is 31.3 Å². The molecule has 2 aromatic carbocycles. The van der Waals surface area contributed by atoms with E-state index in [0.29, 0.717) is 12.2 Å². The Bertz CT molecular complexity index is 873. The van der Waals surface area contributed by atoms with Crippen molar-refractivity contribution in [3.8, 4) is 5.75 Å². The molecular formula is C25H34FN3O3. The van der Waals surface area contributed by atoms with Crippen molar-refractivity contribution in [2.45, 2.75) is 52.0 Å². The summed E-state index contributed by atoms with van der Waals surface area (Å²) in [5.41, 5.74) is 8.51. The van der Waals surface area contributed by atoms with Gasteiger partial charge >= 0.3 is 0 Å². The van der Waals surface area contributed by atoms with Crippen LogP contribution in [0.25, 0.3) is 0 Å². The first-order chi connectivity index (χ1) is 15.5. The monoisotopic (exact) mass is 443 g/mol. The summed E-state index contributed by atoms with van der Waals surface area (Å²) in [5, 5.41) is 5.88. The van der Waals surface area contributed by atoms with E-state index in [1.165, 1.54) is 23.3 Å². The van der Waals surface area contributed by atoms with E-state index < -0.39 is 5.91 Å². The fourth-order valence-electron chi connectivity index (χ4n) is 3.32. The number of benzene rings is 2. The molecule has 2 amide bonds. The summed E-state index contributed by atoms with van der Waals surface area (Å²) < 4.78 is 19.5. The third-order valence-corrected chi connectivity index (χ3v) is 5.01. The SMILES string of the molecule is CCc1cccc(CNCCCCc2cc(F)cc(OCCCC(=O)NCC(N)=O)c2)c1. The van der Waals surface area contributed by atoms with E-state index in [1.54, 1.807) is 0 Å². The van der Waals surface area contributed by atoms with Crippen LogP contribution >= 0.6 is 0 Å². The molecule has 0 heterocycles. The second-order valence-corrected chi connectivity index (χ2v) is 7.80. The molecule has 2 aromatic rings. The summed E-state index contributed by atoms with van der Waals surface area (Å²) in [6.07, 6.45) is 4.44. The Hall–Kier alpha value is -2.93. The quantitative estimate of drug-likeness (QED) is 0.368. The molecule has 6 nitrogen and oxygen atoms in total. The van der Waals surface area contributed by atoms with Gasteiger partial charge in [-0.2, -0.15) is 0 Å². The number of aryl methyl sites for hydroxylation is 2. The number of ether oxygens (including phenoxy) is 1. The number of carbonyl (C=O) groups excluding carboxylic acids is 2. The predicted octanol–water partition coefficient (Wildman–Crippen LogP) is 3.26. The van der Waals surface area contributed by atoms with Crippen LogP contribution in [0.1, 0.15) is 49.3 Å². The van der Waals surface area contributed by atoms with Crippen molar-refractivity contribution in [1.29, 1.82) is 0 Å². The van der Waals surface area contributed by atoms with E-state index in [2.05, 4.69) is 41.8 Å². The van der Waals surface area contributed by atoms with Crippen molar-refractivity contribution in [1.82, 2.24) is 10.6 Å². The first-order valence-electron chi connectivity index (χ1n) is 11.2. The van der Waals surface area contributed by atoms with Crippen LogP contribution < -0.4 is 21.1 Å². The van der Waals surface area contributed by atoms with Crippen LogP contribution in [0.5, 0.6) is 5.75 Å². The lowest BCUT2D eigenvalue weighted by atomic mass is 10.1. The van der Waals surface area contributed by atoms with Crippen LogP contribution in [0.3, 0.4) is 0 Å². The third-order valence-electron chi connectivity index (χ3n) is 5.01. The van der Waals surface area contributed by atoms with Gasteiger partial charge in [0.15, 0.2) is 0 Å². The smallest absolute Gasteiger partial charge is 0.236 e. The number of hydrogen-bond acceptors (Lipinski definition) is 4. The van der Waals surface area contributed by atoms with Crippen molar-refractivity contribution in [3.05, 3.63) is 65.0 Å². The second kappa shape index (κ2) is 14.2. The number of hydrogen-bond donors (Lipinski definition) is 3. The summed E-state index contributed by atoms with van der Waals surface area (Å²) >= 11 is 0. The molecule has 0 aromatic heterocycles. The topological polar surface area (TPSA) is 93.4 Å². The van der Waals surface area contributed by atoms with Crippen LogP contribution in [-0.4, -0.2) is 31.5 Å². The largest absolute Gasteiger partial charge is 0.493 e. The molecule has 0 radical (unpaired) electrons. The summed E-state index contributed by atoms with van der Waals surface area (Å²) in [7, 11) is 0. The number of amides is 2. The van der Waals surface area contributed by atoms with Gasteiger partial charge in [0.2, 0.25) is 11.8 Å². The van der Waals surface area contributed by atoms with Gasteiger partial charge in [-0.05, 0) is 67.5 Å². The molecular weight excluding hydrogens is 409 g/mol. The number of rotatable bonds is 15. The van der Waals surface area contributed by atoms with Crippen LogP contribution in [0.4, 0.5) is 4.39 Å². The lowest BCUT2D eigenvalue weighted by molar-refractivity contribution is -0.124. The number of halogens is 1. The summed E-state index contributed by atoms with van der Waals surface area (Å²) in [4.78, 5) is 22.2. The summed E-state index contributed by atoms with van der Waals surface area (Å²) in [6.45, 7) is 4.03. The summed E-state index contributed by atoms with van der Waals surface area (Å²) in [5.74, 6) is -0.712. The van der Waals surface area contributed by atoms with Crippen LogP contribution in [0, 0.1) is 5.82 Å². The Morgan fingerprint density at radius 1 is 1.03 bits per heavy atom. The van der Waals surface area contributed by atoms with Gasteiger partial charge in [-0.25, -0.2) is 4.39 Å². The predicted molar refractivity (Wildman–Crippen MR) is 124 cm³/mol. The zero-order valence-corrected chi connectivity index (χ0v) is 18.8. The van der Waals surface area contributed by atoms with Gasteiger partial charge in [0.1, 0.15) is 11.6 Å². The standard InChI is InChI=1S/C25H34FN3O3/c1-2-19-8-5-9-21(13-19)17-28-11-4-3-7-20-14-22(26)16-23(15-20)32-12-6-10-25(31)29-18-24(27)30/h5,8-9,13-16,28H,2-4,6-7,10-12,17-18H2,1H3,(H2,27,30)(H,29,31). The highest BCUT2D eigenvalue weighted by molar-refractivity contribution is 5.83. The molecule has 0 spiro atoms. The molecule has 4 N–H and O–H groups in total. The Morgan fingerprint density at radius 3 is 2.62 bits per heavy atom. The van der Waals surface area contributed by atoms with Gasteiger partial charge in [0.25, 0.3) is 0 Å². The molecule has 32 heavy (non-hydrogen) atoms. The zero-order valence-electron chi connectivity index (χ0n) is 18.8. The summed E-state index contributed by atoms with van der Waals surface area (Å²) in [6, 6.07) is 13.3.